The molecule has 1 saturated heterocycles. The van der Waals surface area contributed by atoms with E-state index in [0.29, 0.717) is 17.5 Å². The molecule has 2 fully saturated rings. The highest BCUT2D eigenvalue weighted by Crippen LogP contribution is 2.36. The molecule has 1 aliphatic carbocycles. The van der Waals surface area contributed by atoms with Gasteiger partial charge in [0, 0.05) is 11.6 Å². The summed E-state index contributed by atoms with van der Waals surface area (Å²) >= 11 is 0. The van der Waals surface area contributed by atoms with Gasteiger partial charge in [0.15, 0.2) is 0 Å². The third-order valence-electron chi connectivity index (χ3n) is 5.39. The zero-order valence-electron chi connectivity index (χ0n) is 18.2. The summed E-state index contributed by atoms with van der Waals surface area (Å²) in [5.41, 5.74) is -0.600. The van der Waals surface area contributed by atoms with Crippen LogP contribution in [0.3, 0.4) is 0 Å². The van der Waals surface area contributed by atoms with Crippen molar-refractivity contribution in [3.63, 3.8) is 0 Å². The lowest BCUT2D eigenvalue weighted by Gasteiger charge is -2.21. The largest absolute Gasteiger partial charge is 0.433 e. The Hall–Kier alpha value is -2.93. The van der Waals surface area contributed by atoms with Crippen LogP contribution >= 0.6 is 0 Å². The Labute approximate surface area is 184 Å². The van der Waals surface area contributed by atoms with Gasteiger partial charge < -0.3 is 10.6 Å². The lowest BCUT2D eigenvalue weighted by atomic mass is 9.99. The lowest BCUT2D eigenvalue weighted by Crippen LogP contribution is -2.47. The van der Waals surface area contributed by atoms with Gasteiger partial charge >= 0.3 is 6.18 Å². The Kier molecular flexibility index (Phi) is 8.78. The van der Waals surface area contributed by atoms with Crippen LogP contribution in [-0.2, 0) is 11.0 Å². The van der Waals surface area contributed by atoms with Gasteiger partial charge in [-0.1, -0.05) is 26.0 Å². The van der Waals surface area contributed by atoms with Crippen LogP contribution in [-0.4, -0.2) is 34.7 Å². The highest BCUT2D eigenvalue weighted by atomic mass is 19.4. The van der Waals surface area contributed by atoms with Crippen LogP contribution in [0, 0.1) is 30.0 Å². The van der Waals surface area contributed by atoms with E-state index >= 15 is 0 Å². The molecule has 32 heavy (non-hydrogen) atoms. The molecule has 2 aromatic rings. The quantitative estimate of drug-likeness (QED) is 0.476. The molecule has 1 aliphatic heterocycles. The third-order valence-corrected chi connectivity index (χ3v) is 5.39. The first-order valence-corrected chi connectivity index (χ1v) is 10.5. The zero-order valence-corrected chi connectivity index (χ0v) is 18.2. The fraction of sp³-hybridized carbons (Fsp3) is 0.500. The number of piperidine rings is 1. The molecule has 2 aliphatic rings. The number of nitrogens with one attached hydrogen (secondary N) is 3. The molecule has 0 spiro atoms. The average molecular weight is 453 g/mol. The summed E-state index contributed by atoms with van der Waals surface area (Å²) in [7, 11) is 0. The van der Waals surface area contributed by atoms with Crippen molar-refractivity contribution in [2.45, 2.75) is 58.3 Å². The Bertz CT molecular complexity index is 951. The van der Waals surface area contributed by atoms with E-state index in [9.17, 15) is 22.4 Å². The number of H-pyrrole nitrogens is 1. The molecule has 3 atom stereocenters. The van der Waals surface area contributed by atoms with Gasteiger partial charge in [0.2, 0.25) is 5.91 Å². The molecule has 3 N–H and O–H groups in total. The molecule has 4 rings (SSSR count). The number of aryl methyl sites for hydroxylation is 1. The second-order valence-corrected chi connectivity index (χ2v) is 7.41. The van der Waals surface area contributed by atoms with Crippen molar-refractivity contribution in [3.8, 4) is 17.2 Å². The van der Waals surface area contributed by atoms with Gasteiger partial charge in [-0.2, -0.15) is 23.5 Å². The van der Waals surface area contributed by atoms with E-state index in [2.05, 4.69) is 15.7 Å². The maximum absolute atomic E-state index is 13.3. The number of rotatable bonds is 3. The lowest BCUT2D eigenvalue weighted by molar-refractivity contribution is -0.140. The standard InChI is InChI=1S/C11H8F4N2.C9H13N3O.C2H6/c1-6-2-3-7(4-9(6)12)8-5-16-17-10(8)11(13,14)15;10-3-4-11-9(13)8-6-1-2-7(5-6)12-8;1-2/h2-5H,1H3,(H,16,17);6-8,12H,1-2,4-5H2,(H,11,13);1-2H3. The number of nitrogens with zero attached hydrogens (tertiary/aromatic N) is 2. The Morgan fingerprint density at radius 3 is 2.56 bits per heavy atom. The molecule has 174 valence electrons. The number of aromatic amines is 1. The number of nitriles is 1. The van der Waals surface area contributed by atoms with Crippen molar-refractivity contribution in [2.24, 2.45) is 5.92 Å². The Balaban J connectivity index is 0.000000217. The predicted molar refractivity (Wildman–Crippen MR) is 112 cm³/mol. The highest BCUT2D eigenvalue weighted by Gasteiger charge is 2.42. The number of aromatic nitrogens is 2. The van der Waals surface area contributed by atoms with Crippen LogP contribution < -0.4 is 10.6 Å². The topological polar surface area (TPSA) is 93.6 Å². The van der Waals surface area contributed by atoms with Crippen LogP contribution in [0.1, 0.15) is 44.4 Å². The summed E-state index contributed by atoms with van der Waals surface area (Å²) in [6.45, 7) is 5.66. The van der Waals surface area contributed by atoms with Crippen LogP contribution in [0.5, 0.6) is 0 Å². The van der Waals surface area contributed by atoms with E-state index in [4.69, 9.17) is 5.26 Å². The monoisotopic (exact) mass is 453 g/mol. The van der Waals surface area contributed by atoms with Gasteiger partial charge in [-0.05, 0) is 49.3 Å². The van der Waals surface area contributed by atoms with Crippen molar-refractivity contribution < 1.29 is 22.4 Å². The summed E-state index contributed by atoms with van der Waals surface area (Å²) in [5.74, 6) is -0.0470. The van der Waals surface area contributed by atoms with E-state index in [1.54, 1.807) is 6.92 Å². The molecular weight excluding hydrogens is 426 g/mol. The number of alkyl halides is 3. The minimum absolute atomic E-state index is 0.00579. The van der Waals surface area contributed by atoms with Gasteiger partial charge in [0.05, 0.1) is 18.3 Å². The Morgan fingerprint density at radius 2 is 2.03 bits per heavy atom. The molecule has 0 radical (unpaired) electrons. The van der Waals surface area contributed by atoms with Crippen LogP contribution in [0.25, 0.3) is 11.1 Å². The van der Waals surface area contributed by atoms with Gasteiger partial charge in [0.1, 0.15) is 18.1 Å². The molecule has 1 aromatic carbocycles. The average Bonchev–Trinajstić information content (AvgIpc) is 3.52. The first-order chi connectivity index (χ1) is 15.2. The molecule has 1 aromatic heterocycles. The molecule has 6 nitrogen and oxygen atoms in total. The summed E-state index contributed by atoms with van der Waals surface area (Å²) in [6.07, 6.45) is -0.0141. The number of carbonyl (C=O) groups is 1. The molecule has 1 amide bonds. The molecule has 2 bridgehead atoms. The smallest absolute Gasteiger partial charge is 0.342 e. The van der Waals surface area contributed by atoms with Crippen LogP contribution in [0.2, 0.25) is 0 Å². The van der Waals surface area contributed by atoms with Crippen molar-refractivity contribution in [2.75, 3.05) is 6.54 Å². The fourth-order valence-electron chi connectivity index (χ4n) is 3.87. The summed E-state index contributed by atoms with van der Waals surface area (Å²) in [6, 6.07) is 6.34. The fourth-order valence-corrected chi connectivity index (χ4v) is 3.87. The number of hydrogen-bond acceptors (Lipinski definition) is 4. The summed E-state index contributed by atoms with van der Waals surface area (Å²) in [4.78, 5) is 11.5. The number of carbonyl (C=O) groups excluding carboxylic acids is 1. The zero-order chi connectivity index (χ0) is 23.9. The van der Waals surface area contributed by atoms with Crippen molar-refractivity contribution in [1.82, 2.24) is 20.8 Å². The van der Waals surface area contributed by atoms with Gasteiger partial charge in [-0.15, -0.1) is 0 Å². The maximum Gasteiger partial charge on any atom is 0.433 e. The molecule has 1 saturated carbocycles. The molecular formula is C22H27F4N5O. The number of hydrogen-bond donors (Lipinski definition) is 3. The molecule has 3 unspecified atom stereocenters. The highest BCUT2D eigenvalue weighted by molar-refractivity contribution is 5.82. The second kappa shape index (κ2) is 11.1. The minimum Gasteiger partial charge on any atom is -0.342 e. The third kappa shape index (κ3) is 6.07. The Morgan fingerprint density at radius 1 is 1.31 bits per heavy atom. The van der Waals surface area contributed by atoms with Gasteiger partial charge in [-0.25, -0.2) is 4.39 Å². The molecule has 2 heterocycles. The number of halogens is 4. The summed E-state index contributed by atoms with van der Waals surface area (Å²) in [5, 5.41) is 19.4. The van der Waals surface area contributed by atoms with Crippen LogP contribution in [0.4, 0.5) is 17.6 Å². The van der Waals surface area contributed by atoms with E-state index in [1.165, 1.54) is 18.6 Å². The van der Waals surface area contributed by atoms with Crippen LogP contribution in [0.15, 0.2) is 24.4 Å². The first kappa shape index (κ1) is 25.3. The maximum atomic E-state index is 13.3. The van der Waals surface area contributed by atoms with E-state index in [-0.39, 0.29) is 29.6 Å². The van der Waals surface area contributed by atoms with Crippen molar-refractivity contribution >= 4 is 5.91 Å². The number of fused-ring (bicyclic) bond motifs is 2. The van der Waals surface area contributed by atoms with Crippen molar-refractivity contribution in [1.29, 1.82) is 5.26 Å². The van der Waals surface area contributed by atoms with Gasteiger partial charge in [-0.3, -0.25) is 9.89 Å². The minimum atomic E-state index is -4.53. The van der Waals surface area contributed by atoms with E-state index in [0.717, 1.165) is 25.1 Å². The normalized spacial score (nSPS) is 21.0. The number of benzene rings is 1. The molecule has 10 heteroatoms. The summed E-state index contributed by atoms with van der Waals surface area (Å²) < 4.78 is 51.0. The van der Waals surface area contributed by atoms with Gasteiger partial charge in [0.25, 0.3) is 0 Å². The van der Waals surface area contributed by atoms with Crippen molar-refractivity contribution in [3.05, 3.63) is 41.5 Å². The number of amides is 1. The second-order valence-electron chi connectivity index (χ2n) is 7.41. The van der Waals surface area contributed by atoms with E-state index in [1.807, 2.05) is 25.0 Å². The van der Waals surface area contributed by atoms with E-state index < -0.39 is 17.7 Å². The SMILES string of the molecule is CC.Cc1ccc(-c2cn[nH]c2C(F)(F)F)cc1F.N#CCNC(=O)C1NC2CCC1C2. The first-order valence-electron chi connectivity index (χ1n) is 10.5. The predicted octanol–water partition coefficient (Wildman–Crippen LogP) is 4.34.